The Bertz CT molecular complexity index is 653. The van der Waals surface area contributed by atoms with E-state index in [-0.39, 0.29) is 8.68 Å². The molecule has 0 fully saturated rings. The van der Waals surface area contributed by atoms with E-state index in [9.17, 15) is 8.42 Å². The molecule has 0 atom stereocenters. The van der Waals surface area contributed by atoms with E-state index in [4.69, 9.17) is 11.6 Å². The second kappa shape index (κ2) is 5.26. The van der Waals surface area contributed by atoms with E-state index in [0.29, 0.717) is 5.69 Å². The predicted octanol–water partition coefficient (Wildman–Crippen LogP) is 3.16. The molecule has 1 aromatic heterocycles. The smallest absolute Gasteiger partial charge is 0.273 e. The Morgan fingerprint density at radius 3 is 2.83 bits per heavy atom. The van der Waals surface area contributed by atoms with Gasteiger partial charge < -0.3 is 0 Å². The number of rotatable bonds is 4. The van der Waals surface area contributed by atoms with Gasteiger partial charge in [-0.05, 0) is 24.1 Å². The zero-order chi connectivity index (χ0) is 13.2. The summed E-state index contributed by atoms with van der Waals surface area (Å²) >= 11 is 6.56. The summed E-state index contributed by atoms with van der Waals surface area (Å²) in [6.45, 7) is 2.01. The molecule has 0 unspecified atom stereocenters. The first-order chi connectivity index (χ1) is 8.51. The average Bonchev–Trinajstić information content (AvgIpc) is 2.76. The number of nitrogens with one attached hydrogen (secondary N) is 1. The van der Waals surface area contributed by atoms with Crippen molar-refractivity contribution in [3.8, 4) is 0 Å². The summed E-state index contributed by atoms with van der Waals surface area (Å²) in [6, 6.07) is 7.28. The molecular weight excluding hydrogens is 292 g/mol. The Hall–Kier alpha value is -1.11. The third-order valence-corrected chi connectivity index (χ3v) is 5.27. The van der Waals surface area contributed by atoms with Crippen LogP contribution in [0.25, 0.3) is 0 Å². The van der Waals surface area contributed by atoms with Gasteiger partial charge in [0.25, 0.3) is 10.0 Å². The Morgan fingerprint density at radius 1 is 1.44 bits per heavy atom. The molecule has 18 heavy (non-hydrogen) atoms. The molecule has 0 aliphatic heterocycles. The summed E-state index contributed by atoms with van der Waals surface area (Å²) in [6.07, 6.45) is 2.10. The lowest BCUT2D eigenvalue weighted by Crippen LogP contribution is -2.11. The van der Waals surface area contributed by atoms with Crippen molar-refractivity contribution >= 4 is 38.6 Å². The maximum Gasteiger partial charge on any atom is 0.273 e. The Labute approximate surface area is 115 Å². The van der Waals surface area contributed by atoms with Gasteiger partial charge in [0, 0.05) is 5.69 Å². The molecule has 0 amide bonds. The number of aromatic nitrogens is 1. The number of hydrogen-bond donors (Lipinski definition) is 1. The van der Waals surface area contributed by atoms with Gasteiger partial charge in [-0.15, -0.1) is 0 Å². The first kappa shape index (κ1) is 13.3. The maximum atomic E-state index is 12.0. The van der Waals surface area contributed by atoms with Crippen LogP contribution in [0.2, 0.25) is 4.47 Å². The normalized spacial score (nSPS) is 11.4. The molecule has 0 spiro atoms. The minimum atomic E-state index is -3.60. The fourth-order valence-electron chi connectivity index (χ4n) is 1.42. The first-order valence-corrected chi connectivity index (χ1v) is 7.92. The number of halogens is 1. The van der Waals surface area contributed by atoms with Gasteiger partial charge in [0.1, 0.15) is 0 Å². The van der Waals surface area contributed by atoms with Crippen LogP contribution in [-0.2, 0) is 16.4 Å². The molecule has 0 bridgehead atoms. The van der Waals surface area contributed by atoms with E-state index in [1.54, 1.807) is 12.1 Å². The van der Waals surface area contributed by atoms with Crippen molar-refractivity contribution in [1.29, 1.82) is 0 Å². The van der Waals surface area contributed by atoms with Crippen molar-refractivity contribution in [3.63, 3.8) is 0 Å². The molecule has 2 aromatic rings. The lowest BCUT2D eigenvalue weighted by Gasteiger charge is -2.06. The molecule has 1 heterocycles. The quantitative estimate of drug-likeness (QED) is 0.944. The third-order valence-electron chi connectivity index (χ3n) is 2.31. The van der Waals surface area contributed by atoms with Gasteiger partial charge >= 0.3 is 0 Å². The largest absolute Gasteiger partial charge is 0.279 e. The van der Waals surface area contributed by atoms with Gasteiger partial charge in [0.2, 0.25) is 0 Å². The molecule has 1 aromatic carbocycles. The van der Waals surface area contributed by atoms with Gasteiger partial charge in [0.05, 0.1) is 6.20 Å². The van der Waals surface area contributed by atoms with Crippen LogP contribution in [0.5, 0.6) is 0 Å². The highest BCUT2D eigenvalue weighted by Gasteiger charge is 2.17. The van der Waals surface area contributed by atoms with Crippen molar-refractivity contribution in [2.24, 2.45) is 0 Å². The molecule has 2 rings (SSSR count). The van der Waals surface area contributed by atoms with Crippen molar-refractivity contribution < 1.29 is 8.42 Å². The van der Waals surface area contributed by atoms with Crippen LogP contribution in [0.1, 0.15) is 12.5 Å². The van der Waals surface area contributed by atoms with Gasteiger partial charge in [-0.3, -0.25) is 4.72 Å². The molecule has 7 heteroatoms. The van der Waals surface area contributed by atoms with E-state index < -0.39 is 10.0 Å². The highest BCUT2D eigenvalue weighted by molar-refractivity contribution is 7.94. The molecular formula is C11H11ClN2O2S2. The fraction of sp³-hybridized carbons (Fsp3) is 0.182. The average molecular weight is 303 g/mol. The lowest BCUT2D eigenvalue weighted by atomic mass is 10.1. The van der Waals surface area contributed by atoms with Crippen LogP contribution in [0, 0.1) is 0 Å². The van der Waals surface area contributed by atoms with E-state index in [1.807, 2.05) is 19.1 Å². The number of nitrogens with zero attached hydrogens (tertiary/aromatic N) is 1. The lowest BCUT2D eigenvalue weighted by molar-refractivity contribution is 0.603. The van der Waals surface area contributed by atoms with Gasteiger partial charge in [0.15, 0.2) is 8.68 Å². The van der Waals surface area contributed by atoms with E-state index in [0.717, 1.165) is 23.3 Å². The molecule has 0 aliphatic rings. The van der Waals surface area contributed by atoms with Crippen LogP contribution in [0.15, 0.2) is 34.7 Å². The molecule has 0 saturated carbocycles. The first-order valence-electron chi connectivity index (χ1n) is 5.24. The van der Waals surface area contributed by atoms with Gasteiger partial charge in [-0.1, -0.05) is 42.0 Å². The van der Waals surface area contributed by atoms with E-state index in [2.05, 4.69) is 9.71 Å². The summed E-state index contributed by atoms with van der Waals surface area (Å²) in [5.41, 5.74) is 1.61. The molecule has 0 radical (unpaired) electrons. The predicted molar refractivity (Wildman–Crippen MR) is 73.8 cm³/mol. The minimum Gasteiger partial charge on any atom is -0.279 e. The number of hydrogen-bond acceptors (Lipinski definition) is 4. The van der Waals surface area contributed by atoms with Crippen LogP contribution in [0.4, 0.5) is 5.69 Å². The second-order valence-corrected chi connectivity index (χ2v) is 7.11. The number of thiazole rings is 1. The number of benzene rings is 1. The van der Waals surface area contributed by atoms with Crippen molar-refractivity contribution in [3.05, 3.63) is 40.5 Å². The summed E-state index contributed by atoms with van der Waals surface area (Å²) in [7, 11) is -3.60. The molecule has 4 nitrogen and oxygen atoms in total. The molecule has 1 N–H and O–H groups in total. The Morgan fingerprint density at radius 2 is 2.22 bits per heavy atom. The van der Waals surface area contributed by atoms with Gasteiger partial charge in [-0.2, -0.15) is 0 Å². The van der Waals surface area contributed by atoms with Crippen LogP contribution in [0.3, 0.4) is 0 Å². The summed E-state index contributed by atoms with van der Waals surface area (Å²) in [5, 5.41) is 0. The monoisotopic (exact) mass is 302 g/mol. The highest BCUT2D eigenvalue weighted by Crippen LogP contribution is 2.24. The van der Waals surface area contributed by atoms with Crippen molar-refractivity contribution in [2.75, 3.05) is 4.72 Å². The summed E-state index contributed by atoms with van der Waals surface area (Å²) in [5.74, 6) is 0. The summed E-state index contributed by atoms with van der Waals surface area (Å²) in [4.78, 5) is 3.72. The van der Waals surface area contributed by atoms with Crippen LogP contribution < -0.4 is 4.72 Å². The van der Waals surface area contributed by atoms with Gasteiger partial charge in [-0.25, -0.2) is 13.4 Å². The Balaban J connectivity index is 2.27. The van der Waals surface area contributed by atoms with Crippen LogP contribution in [-0.4, -0.2) is 13.4 Å². The Kier molecular flexibility index (Phi) is 3.89. The fourth-order valence-corrected chi connectivity index (χ4v) is 3.77. The van der Waals surface area contributed by atoms with E-state index >= 15 is 0 Å². The molecule has 96 valence electrons. The molecule has 0 saturated heterocycles. The molecule has 0 aliphatic carbocycles. The standard InChI is InChI=1S/C11H11ClN2O2S2/c1-2-8-4-3-5-9(6-8)14-18(15,16)10-7-13-11(12)17-10/h3-7,14H,2H2,1H3. The second-order valence-electron chi connectivity index (χ2n) is 3.59. The van der Waals surface area contributed by atoms with E-state index in [1.165, 1.54) is 6.20 Å². The van der Waals surface area contributed by atoms with Crippen molar-refractivity contribution in [2.45, 2.75) is 17.6 Å². The third kappa shape index (κ3) is 3.01. The number of sulfonamides is 1. The maximum absolute atomic E-state index is 12.0. The van der Waals surface area contributed by atoms with Crippen LogP contribution >= 0.6 is 22.9 Å². The number of anilines is 1. The zero-order valence-electron chi connectivity index (χ0n) is 9.55. The zero-order valence-corrected chi connectivity index (χ0v) is 11.9. The highest BCUT2D eigenvalue weighted by atomic mass is 35.5. The SMILES string of the molecule is CCc1cccc(NS(=O)(=O)c2cnc(Cl)s2)c1. The van der Waals surface area contributed by atoms with Crippen molar-refractivity contribution in [1.82, 2.24) is 4.98 Å². The topological polar surface area (TPSA) is 59.1 Å². The number of aryl methyl sites for hydroxylation is 1. The summed E-state index contributed by atoms with van der Waals surface area (Å²) < 4.78 is 26.8. The minimum absolute atomic E-state index is 0.106.